The topological polar surface area (TPSA) is 38.9 Å². The first kappa shape index (κ1) is 12.4. The van der Waals surface area contributed by atoms with Gasteiger partial charge in [0, 0.05) is 16.2 Å². The normalized spacial score (nSPS) is 11.8. The number of nitrogen functional groups attached to an aromatic ring is 1. The fraction of sp³-hybridized carbons (Fsp3) is 0.100. The van der Waals surface area contributed by atoms with Crippen molar-refractivity contribution >= 4 is 32.4 Å². The molecule has 1 heterocycles. The molecule has 2 aromatic rings. The highest BCUT2D eigenvalue weighted by Crippen LogP contribution is 2.41. The number of halogens is 4. The Labute approximate surface area is 107 Å². The van der Waals surface area contributed by atoms with Gasteiger partial charge in [-0.05, 0) is 22.0 Å². The van der Waals surface area contributed by atoms with Crippen LogP contribution in [-0.4, -0.2) is 4.98 Å². The summed E-state index contributed by atoms with van der Waals surface area (Å²) in [7, 11) is 0. The highest BCUT2D eigenvalue weighted by atomic mass is 79.9. The average Bonchev–Trinajstić information content (AvgIpc) is 2.63. The van der Waals surface area contributed by atoms with Crippen LogP contribution in [0.4, 0.5) is 18.3 Å². The third-order valence-electron chi connectivity index (χ3n) is 2.09. The number of hydrogen-bond donors (Lipinski definition) is 1. The van der Waals surface area contributed by atoms with Crippen molar-refractivity contribution in [2.45, 2.75) is 6.18 Å². The van der Waals surface area contributed by atoms with Crippen LogP contribution in [0, 0.1) is 0 Å². The van der Waals surface area contributed by atoms with Gasteiger partial charge < -0.3 is 5.73 Å². The number of nitrogens with two attached hydrogens (primary N) is 1. The van der Waals surface area contributed by atoms with Gasteiger partial charge in [-0.3, -0.25) is 0 Å². The van der Waals surface area contributed by atoms with Gasteiger partial charge >= 0.3 is 6.18 Å². The number of thiazole rings is 1. The first-order valence-electron chi connectivity index (χ1n) is 4.47. The molecular weight excluding hydrogens is 317 g/mol. The van der Waals surface area contributed by atoms with Crippen LogP contribution in [-0.2, 0) is 6.18 Å². The molecule has 0 unspecified atom stereocenters. The molecule has 2 N–H and O–H groups in total. The van der Waals surface area contributed by atoms with Gasteiger partial charge in [0.2, 0.25) is 0 Å². The molecule has 0 bridgehead atoms. The lowest BCUT2D eigenvalue weighted by atomic mass is 10.1. The molecule has 7 heteroatoms. The quantitative estimate of drug-likeness (QED) is 0.855. The van der Waals surface area contributed by atoms with Gasteiger partial charge in [-0.25, -0.2) is 4.98 Å². The van der Waals surface area contributed by atoms with Crippen molar-refractivity contribution in [3.8, 4) is 10.4 Å². The van der Waals surface area contributed by atoms with Crippen LogP contribution in [0.25, 0.3) is 10.4 Å². The van der Waals surface area contributed by atoms with E-state index >= 15 is 0 Å². The van der Waals surface area contributed by atoms with E-state index in [4.69, 9.17) is 5.73 Å². The highest BCUT2D eigenvalue weighted by molar-refractivity contribution is 9.10. The van der Waals surface area contributed by atoms with Gasteiger partial charge in [0.1, 0.15) is 0 Å². The Hall–Kier alpha value is -1.08. The Morgan fingerprint density at radius 1 is 1.29 bits per heavy atom. The molecule has 0 atom stereocenters. The summed E-state index contributed by atoms with van der Waals surface area (Å²) in [4.78, 5) is 4.42. The molecule has 0 aliphatic heterocycles. The number of alkyl halides is 3. The van der Waals surface area contributed by atoms with Crippen LogP contribution < -0.4 is 5.73 Å². The molecule has 17 heavy (non-hydrogen) atoms. The summed E-state index contributed by atoms with van der Waals surface area (Å²) in [5, 5.41) is 0.323. The number of anilines is 1. The number of nitrogens with zero attached hydrogens (tertiary/aromatic N) is 1. The van der Waals surface area contributed by atoms with Gasteiger partial charge in [0.05, 0.1) is 10.4 Å². The molecule has 0 saturated heterocycles. The molecule has 0 saturated carbocycles. The third-order valence-corrected chi connectivity index (χ3v) is 3.81. The molecule has 1 aromatic carbocycles. The van der Waals surface area contributed by atoms with E-state index in [-0.39, 0.29) is 4.47 Å². The maximum Gasteiger partial charge on any atom is 0.417 e. The zero-order valence-corrected chi connectivity index (χ0v) is 10.7. The van der Waals surface area contributed by atoms with Crippen LogP contribution in [0.2, 0.25) is 0 Å². The Kier molecular flexibility index (Phi) is 3.13. The highest BCUT2D eigenvalue weighted by Gasteiger charge is 2.33. The average molecular weight is 323 g/mol. The van der Waals surface area contributed by atoms with E-state index in [9.17, 15) is 13.2 Å². The van der Waals surface area contributed by atoms with Crippen molar-refractivity contribution in [3.63, 3.8) is 0 Å². The van der Waals surface area contributed by atoms with Crippen LogP contribution in [0.15, 0.2) is 28.9 Å². The van der Waals surface area contributed by atoms with Gasteiger partial charge in [-0.2, -0.15) is 13.2 Å². The second-order valence-corrected chi connectivity index (χ2v) is 5.08. The summed E-state index contributed by atoms with van der Waals surface area (Å²) in [6.45, 7) is 0. The molecule has 0 aliphatic carbocycles. The SMILES string of the molecule is Nc1ncc(-c2cccc(C(F)(F)F)c2Br)s1. The van der Waals surface area contributed by atoms with Crippen LogP contribution in [0.5, 0.6) is 0 Å². The molecule has 2 rings (SSSR count). The Morgan fingerprint density at radius 3 is 2.53 bits per heavy atom. The van der Waals surface area contributed by atoms with Crippen LogP contribution in [0.3, 0.4) is 0 Å². The molecule has 0 radical (unpaired) electrons. The van der Waals surface area contributed by atoms with Crippen molar-refractivity contribution in [2.24, 2.45) is 0 Å². The van der Waals surface area contributed by atoms with E-state index in [1.807, 2.05) is 0 Å². The van der Waals surface area contributed by atoms with E-state index in [1.54, 1.807) is 6.07 Å². The van der Waals surface area contributed by atoms with E-state index in [2.05, 4.69) is 20.9 Å². The standard InChI is InChI=1S/C10H6BrF3N2S/c11-8-5(7-4-16-9(15)17-7)2-1-3-6(8)10(12,13)14/h1-4H,(H2,15,16). The Balaban J connectivity index is 2.57. The summed E-state index contributed by atoms with van der Waals surface area (Å²) in [6, 6.07) is 3.98. The minimum Gasteiger partial charge on any atom is -0.375 e. The summed E-state index contributed by atoms with van der Waals surface area (Å²) in [5.41, 5.74) is 5.19. The molecule has 0 aliphatic rings. The fourth-order valence-corrected chi connectivity index (χ4v) is 2.90. The Bertz CT molecular complexity index is 551. The van der Waals surface area contributed by atoms with Crippen LogP contribution >= 0.6 is 27.3 Å². The predicted octanol–water partition coefficient (Wildman–Crippen LogP) is 4.17. The lowest BCUT2D eigenvalue weighted by Gasteiger charge is -2.11. The predicted molar refractivity (Wildman–Crippen MR) is 64.7 cm³/mol. The van der Waals surface area contributed by atoms with Gasteiger partial charge in [-0.1, -0.05) is 23.5 Å². The smallest absolute Gasteiger partial charge is 0.375 e. The van der Waals surface area contributed by atoms with Crippen molar-refractivity contribution in [1.82, 2.24) is 4.98 Å². The molecule has 0 amide bonds. The molecule has 2 nitrogen and oxygen atoms in total. The van der Waals surface area contributed by atoms with E-state index < -0.39 is 11.7 Å². The zero-order valence-electron chi connectivity index (χ0n) is 8.25. The molecule has 90 valence electrons. The van der Waals surface area contributed by atoms with Crippen molar-refractivity contribution in [1.29, 1.82) is 0 Å². The van der Waals surface area contributed by atoms with Gasteiger partial charge in [-0.15, -0.1) is 0 Å². The summed E-state index contributed by atoms with van der Waals surface area (Å²) in [6.07, 6.45) is -2.93. The molecule has 1 aromatic heterocycles. The number of aromatic nitrogens is 1. The van der Waals surface area contributed by atoms with Crippen LogP contribution in [0.1, 0.15) is 5.56 Å². The van der Waals surface area contributed by atoms with Crippen molar-refractivity contribution in [2.75, 3.05) is 5.73 Å². The fourth-order valence-electron chi connectivity index (χ4n) is 1.35. The van der Waals surface area contributed by atoms with Gasteiger partial charge in [0.15, 0.2) is 5.13 Å². The molecular formula is C10H6BrF3N2S. The third kappa shape index (κ3) is 2.44. The minimum atomic E-state index is -4.38. The maximum absolute atomic E-state index is 12.7. The first-order chi connectivity index (χ1) is 7.89. The first-order valence-corrected chi connectivity index (χ1v) is 6.08. The zero-order chi connectivity index (χ0) is 12.6. The second kappa shape index (κ2) is 4.30. The largest absolute Gasteiger partial charge is 0.417 e. The van der Waals surface area contributed by atoms with Crippen molar-refractivity contribution in [3.05, 3.63) is 34.4 Å². The maximum atomic E-state index is 12.7. The molecule has 0 fully saturated rings. The Morgan fingerprint density at radius 2 is 2.00 bits per heavy atom. The molecule has 0 spiro atoms. The number of benzene rings is 1. The number of hydrogen-bond acceptors (Lipinski definition) is 3. The van der Waals surface area contributed by atoms with E-state index in [0.717, 1.165) is 17.4 Å². The lowest BCUT2D eigenvalue weighted by Crippen LogP contribution is -2.06. The summed E-state index contributed by atoms with van der Waals surface area (Å²) < 4.78 is 38.1. The monoisotopic (exact) mass is 322 g/mol. The van der Waals surface area contributed by atoms with Crippen molar-refractivity contribution < 1.29 is 13.2 Å². The lowest BCUT2D eigenvalue weighted by molar-refractivity contribution is -0.138. The summed E-state index contributed by atoms with van der Waals surface area (Å²) in [5.74, 6) is 0. The van der Waals surface area contributed by atoms with E-state index in [0.29, 0.717) is 15.6 Å². The number of rotatable bonds is 1. The second-order valence-electron chi connectivity index (χ2n) is 3.23. The summed E-state index contributed by atoms with van der Waals surface area (Å²) >= 11 is 4.12. The van der Waals surface area contributed by atoms with E-state index in [1.165, 1.54) is 12.3 Å². The minimum absolute atomic E-state index is 0.0103. The van der Waals surface area contributed by atoms with Gasteiger partial charge in [0.25, 0.3) is 0 Å².